The lowest BCUT2D eigenvalue weighted by molar-refractivity contribution is -0.130. The molecule has 158 valence electrons. The fraction of sp³-hybridized carbons (Fsp3) is 0.667. The minimum atomic E-state index is -0.325. The number of hydrogen-bond donors (Lipinski definition) is 0. The van der Waals surface area contributed by atoms with E-state index in [1.807, 2.05) is 23.1 Å². The number of hydrogen-bond acceptors (Lipinski definition) is 4. The number of anilines is 1. The first-order chi connectivity index (χ1) is 13.8. The van der Waals surface area contributed by atoms with Crippen molar-refractivity contribution in [3.05, 3.63) is 30.3 Å². The Labute approximate surface area is 175 Å². The Kier molecular flexibility index (Phi) is 5.56. The molecule has 5 nitrogen and oxygen atoms in total. The number of nitrogens with zero attached hydrogens (tertiary/aromatic N) is 4. The number of rotatable bonds is 2. The van der Waals surface area contributed by atoms with Crippen LogP contribution in [0.5, 0.6) is 0 Å². The molecule has 0 bridgehead atoms. The van der Waals surface area contributed by atoms with Crippen LogP contribution >= 0.6 is 0 Å². The molecule has 29 heavy (non-hydrogen) atoms. The van der Waals surface area contributed by atoms with Gasteiger partial charge in [0.2, 0.25) is 5.91 Å². The molecule has 1 spiro atoms. The van der Waals surface area contributed by atoms with Crippen molar-refractivity contribution in [1.82, 2.24) is 9.80 Å². The zero-order valence-electron chi connectivity index (χ0n) is 18.5. The van der Waals surface area contributed by atoms with E-state index in [0.29, 0.717) is 0 Å². The maximum atomic E-state index is 14.1. The van der Waals surface area contributed by atoms with Crippen LogP contribution in [0.25, 0.3) is 0 Å². The number of aliphatic imine (C=N–C) groups is 1. The normalized spacial score (nSPS) is 27.9. The first-order valence-corrected chi connectivity index (χ1v) is 11.2. The average Bonchev–Trinajstić information content (AvgIpc) is 2.90. The molecule has 1 atom stereocenters. The largest absolute Gasteiger partial charge is 0.304 e. The number of likely N-dealkylation sites (N-methyl/N-ethyl adjacent to an activating group) is 1. The Balaban J connectivity index is 1.85. The van der Waals surface area contributed by atoms with Crippen LogP contribution in [0.4, 0.5) is 5.69 Å². The van der Waals surface area contributed by atoms with E-state index in [1.54, 1.807) is 0 Å². The number of piperazine rings is 1. The summed E-state index contributed by atoms with van der Waals surface area (Å²) in [7, 11) is 2.19. The predicted octanol–water partition coefficient (Wildman–Crippen LogP) is 3.80. The SMILES string of the molecule is CN1CCN([C@H]2C(=NC(C)(C)C)N(c3ccccc3)C(=O)C23CCCCC3)CC1. The molecule has 1 aromatic rings. The van der Waals surface area contributed by atoms with Gasteiger partial charge in [-0.05, 0) is 52.8 Å². The highest BCUT2D eigenvalue weighted by Crippen LogP contribution is 2.49. The summed E-state index contributed by atoms with van der Waals surface area (Å²) < 4.78 is 0. The van der Waals surface area contributed by atoms with Crippen molar-refractivity contribution in [2.75, 3.05) is 38.1 Å². The Morgan fingerprint density at radius 2 is 1.59 bits per heavy atom. The highest BCUT2D eigenvalue weighted by Gasteiger charge is 2.60. The van der Waals surface area contributed by atoms with Crippen LogP contribution in [0, 0.1) is 5.41 Å². The first kappa shape index (κ1) is 20.5. The molecule has 2 heterocycles. The molecule has 5 heteroatoms. The monoisotopic (exact) mass is 396 g/mol. The molecule has 3 fully saturated rings. The minimum absolute atomic E-state index is 0.0865. The molecule has 1 aromatic carbocycles. The fourth-order valence-electron chi connectivity index (χ4n) is 5.36. The fourth-order valence-corrected chi connectivity index (χ4v) is 5.36. The molecular formula is C24H36N4O. The summed E-state index contributed by atoms with van der Waals surface area (Å²) in [4.78, 5) is 26.2. The number of para-hydroxylation sites is 1. The number of benzene rings is 1. The lowest BCUT2D eigenvalue weighted by Crippen LogP contribution is -2.57. The van der Waals surface area contributed by atoms with Gasteiger partial charge in [0.1, 0.15) is 5.84 Å². The number of carbonyl (C=O) groups excluding carboxylic acids is 1. The van der Waals surface area contributed by atoms with Crippen molar-refractivity contribution in [3.63, 3.8) is 0 Å². The van der Waals surface area contributed by atoms with Gasteiger partial charge in [0, 0.05) is 26.2 Å². The quantitative estimate of drug-likeness (QED) is 0.763. The lowest BCUT2D eigenvalue weighted by Gasteiger charge is -2.44. The first-order valence-electron chi connectivity index (χ1n) is 11.2. The smallest absolute Gasteiger partial charge is 0.240 e. The summed E-state index contributed by atoms with van der Waals surface area (Å²) in [6.45, 7) is 10.5. The van der Waals surface area contributed by atoms with Gasteiger partial charge < -0.3 is 4.90 Å². The Bertz CT molecular complexity index is 753. The van der Waals surface area contributed by atoms with Gasteiger partial charge in [0.25, 0.3) is 0 Å². The van der Waals surface area contributed by atoms with Crippen molar-refractivity contribution >= 4 is 17.4 Å². The summed E-state index contributed by atoms with van der Waals surface area (Å²) in [5, 5.41) is 0. The predicted molar refractivity (Wildman–Crippen MR) is 119 cm³/mol. The highest BCUT2D eigenvalue weighted by molar-refractivity contribution is 6.27. The van der Waals surface area contributed by atoms with E-state index in [4.69, 9.17) is 4.99 Å². The lowest BCUT2D eigenvalue weighted by atomic mass is 9.69. The topological polar surface area (TPSA) is 39.1 Å². The molecule has 0 radical (unpaired) electrons. The molecule has 2 saturated heterocycles. The number of amidine groups is 1. The van der Waals surface area contributed by atoms with E-state index in [2.05, 4.69) is 49.8 Å². The third kappa shape index (κ3) is 3.87. The van der Waals surface area contributed by atoms with Crippen molar-refractivity contribution < 1.29 is 4.79 Å². The summed E-state index contributed by atoms with van der Waals surface area (Å²) in [5.74, 6) is 1.25. The Morgan fingerprint density at radius 1 is 0.966 bits per heavy atom. The highest BCUT2D eigenvalue weighted by atomic mass is 16.2. The van der Waals surface area contributed by atoms with Crippen LogP contribution in [-0.2, 0) is 4.79 Å². The second kappa shape index (κ2) is 7.84. The van der Waals surface area contributed by atoms with Gasteiger partial charge in [-0.3, -0.25) is 19.6 Å². The van der Waals surface area contributed by atoms with Crippen molar-refractivity contribution in [3.8, 4) is 0 Å². The molecule has 1 amide bonds. The molecule has 0 aromatic heterocycles. The standard InChI is InChI=1S/C24H36N4O/c1-23(2,3)25-21-20(27-17-15-26(4)16-18-27)24(13-9-6-10-14-24)22(29)28(21)19-11-7-5-8-12-19/h5,7-8,11-12,20H,6,9-10,13-18H2,1-4H3/t20-/m0/s1. The molecule has 4 rings (SSSR count). The average molecular weight is 397 g/mol. The van der Waals surface area contributed by atoms with Gasteiger partial charge in [0.05, 0.1) is 22.7 Å². The van der Waals surface area contributed by atoms with Crippen molar-refractivity contribution in [1.29, 1.82) is 0 Å². The van der Waals surface area contributed by atoms with Crippen LogP contribution in [-0.4, -0.2) is 66.4 Å². The molecule has 3 aliphatic rings. The Hall–Kier alpha value is -1.72. The van der Waals surface area contributed by atoms with E-state index < -0.39 is 0 Å². The molecular weight excluding hydrogens is 360 g/mol. The molecule has 1 aliphatic carbocycles. The van der Waals surface area contributed by atoms with Crippen molar-refractivity contribution in [2.24, 2.45) is 10.4 Å². The maximum absolute atomic E-state index is 14.1. The van der Waals surface area contributed by atoms with Crippen LogP contribution < -0.4 is 4.90 Å². The third-order valence-corrected chi connectivity index (χ3v) is 6.74. The third-order valence-electron chi connectivity index (χ3n) is 6.74. The zero-order valence-corrected chi connectivity index (χ0v) is 18.5. The van der Waals surface area contributed by atoms with Crippen LogP contribution in [0.3, 0.4) is 0 Å². The maximum Gasteiger partial charge on any atom is 0.240 e. The van der Waals surface area contributed by atoms with Gasteiger partial charge in [-0.25, -0.2) is 0 Å². The second-order valence-corrected chi connectivity index (χ2v) is 10.1. The van der Waals surface area contributed by atoms with E-state index in [9.17, 15) is 4.79 Å². The van der Waals surface area contributed by atoms with Gasteiger partial charge in [-0.2, -0.15) is 0 Å². The summed E-state index contributed by atoms with van der Waals surface area (Å²) in [6, 6.07) is 10.3. The van der Waals surface area contributed by atoms with Crippen LogP contribution in [0.15, 0.2) is 35.3 Å². The summed E-state index contributed by atoms with van der Waals surface area (Å²) >= 11 is 0. The van der Waals surface area contributed by atoms with Gasteiger partial charge in [0.15, 0.2) is 0 Å². The van der Waals surface area contributed by atoms with Gasteiger partial charge in [-0.1, -0.05) is 37.5 Å². The molecule has 0 N–H and O–H groups in total. The van der Waals surface area contributed by atoms with E-state index in [-0.39, 0.29) is 22.9 Å². The van der Waals surface area contributed by atoms with Gasteiger partial charge in [-0.15, -0.1) is 0 Å². The summed E-state index contributed by atoms with van der Waals surface area (Å²) in [6.07, 6.45) is 5.48. The van der Waals surface area contributed by atoms with E-state index >= 15 is 0 Å². The van der Waals surface area contributed by atoms with Gasteiger partial charge >= 0.3 is 0 Å². The number of carbonyl (C=O) groups is 1. The van der Waals surface area contributed by atoms with E-state index in [0.717, 1.165) is 63.4 Å². The molecule has 0 unspecified atom stereocenters. The van der Waals surface area contributed by atoms with Crippen molar-refractivity contribution in [2.45, 2.75) is 64.5 Å². The second-order valence-electron chi connectivity index (χ2n) is 10.1. The van der Waals surface area contributed by atoms with Crippen LogP contribution in [0.2, 0.25) is 0 Å². The Morgan fingerprint density at radius 3 is 2.17 bits per heavy atom. The molecule has 2 aliphatic heterocycles. The molecule has 1 saturated carbocycles. The zero-order chi connectivity index (χ0) is 20.6. The number of amides is 1. The van der Waals surface area contributed by atoms with E-state index in [1.165, 1.54) is 6.42 Å². The summed E-state index contributed by atoms with van der Waals surface area (Å²) in [5.41, 5.74) is 0.406. The minimum Gasteiger partial charge on any atom is -0.304 e. The van der Waals surface area contributed by atoms with Crippen LogP contribution in [0.1, 0.15) is 52.9 Å².